The van der Waals surface area contributed by atoms with Crippen molar-refractivity contribution in [2.45, 2.75) is 17.2 Å². The quantitative estimate of drug-likeness (QED) is 0.872. The average Bonchev–Trinajstić information content (AvgIpc) is 2.25. The van der Waals surface area contributed by atoms with Crippen LogP contribution in [0.1, 0.15) is 5.56 Å². The summed E-state index contributed by atoms with van der Waals surface area (Å²) in [6.45, 7) is -1.94. The van der Waals surface area contributed by atoms with Crippen LogP contribution in [0, 0.1) is 0 Å². The van der Waals surface area contributed by atoms with E-state index >= 15 is 0 Å². The van der Waals surface area contributed by atoms with Gasteiger partial charge in [-0.05, 0) is 12.1 Å². The highest BCUT2D eigenvalue weighted by molar-refractivity contribution is 7.89. The second-order valence-corrected chi connectivity index (χ2v) is 5.17. The van der Waals surface area contributed by atoms with Gasteiger partial charge in [-0.3, -0.25) is 0 Å². The topological polar surface area (TPSA) is 46.2 Å². The maximum Gasteiger partial charge on any atom is 0.417 e. The third kappa shape index (κ3) is 4.39. The minimum Gasteiger partial charge on any atom is -0.207 e. The number of halogens is 6. The van der Waals surface area contributed by atoms with Crippen LogP contribution in [0.3, 0.4) is 0 Å². The predicted molar refractivity (Wildman–Crippen MR) is 52.7 cm³/mol. The van der Waals surface area contributed by atoms with Crippen LogP contribution in [0.4, 0.5) is 26.3 Å². The van der Waals surface area contributed by atoms with Crippen molar-refractivity contribution in [1.82, 2.24) is 4.72 Å². The normalized spacial score (nSPS) is 13.6. The van der Waals surface area contributed by atoms with Crippen LogP contribution in [-0.2, 0) is 16.2 Å². The van der Waals surface area contributed by atoms with Gasteiger partial charge in [0.05, 0.1) is 10.5 Å². The molecule has 1 aromatic rings. The van der Waals surface area contributed by atoms with Crippen molar-refractivity contribution in [3.63, 3.8) is 0 Å². The molecular weight excluding hydrogens is 300 g/mol. The van der Waals surface area contributed by atoms with E-state index in [0.717, 1.165) is 16.9 Å². The second kappa shape index (κ2) is 5.00. The summed E-state index contributed by atoms with van der Waals surface area (Å²) in [6.07, 6.45) is -9.84. The van der Waals surface area contributed by atoms with Crippen LogP contribution >= 0.6 is 0 Å². The molecule has 0 bridgehead atoms. The zero-order valence-corrected chi connectivity index (χ0v) is 9.83. The van der Waals surface area contributed by atoms with E-state index in [0.29, 0.717) is 12.1 Å². The van der Waals surface area contributed by atoms with Gasteiger partial charge in [0.1, 0.15) is 6.54 Å². The molecule has 0 aliphatic rings. The van der Waals surface area contributed by atoms with Crippen molar-refractivity contribution >= 4 is 10.0 Å². The van der Waals surface area contributed by atoms with Gasteiger partial charge in [-0.1, -0.05) is 12.1 Å². The van der Waals surface area contributed by atoms with E-state index < -0.39 is 39.4 Å². The van der Waals surface area contributed by atoms with Crippen LogP contribution in [0.5, 0.6) is 0 Å². The molecule has 19 heavy (non-hydrogen) atoms. The molecule has 0 aliphatic heterocycles. The number of benzene rings is 1. The first-order valence-electron chi connectivity index (χ1n) is 4.66. The molecule has 0 heterocycles. The summed E-state index contributed by atoms with van der Waals surface area (Å²) >= 11 is 0. The number of hydrogen-bond donors (Lipinski definition) is 1. The Kier molecular flexibility index (Phi) is 4.15. The standard InChI is InChI=1S/C9H7F6NO2S/c10-8(11,12)5-16-19(17,18)7-4-2-1-3-6(7)9(13,14)15/h1-4,16H,5H2. The van der Waals surface area contributed by atoms with Crippen molar-refractivity contribution in [3.05, 3.63) is 29.8 Å². The molecule has 1 rings (SSSR count). The number of sulfonamides is 1. The summed E-state index contributed by atoms with van der Waals surface area (Å²) in [5, 5.41) is 0. The molecule has 0 aliphatic carbocycles. The fourth-order valence-corrected chi connectivity index (χ4v) is 2.43. The Morgan fingerprint density at radius 2 is 1.53 bits per heavy atom. The first-order valence-corrected chi connectivity index (χ1v) is 6.14. The summed E-state index contributed by atoms with van der Waals surface area (Å²) in [5.41, 5.74) is -1.52. The predicted octanol–water partition coefficient (Wildman–Crippen LogP) is 2.55. The van der Waals surface area contributed by atoms with Gasteiger partial charge in [-0.25, -0.2) is 13.1 Å². The van der Waals surface area contributed by atoms with Gasteiger partial charge in [0, 0.05) is 0 Å². The number of nitrogens with one attached hydrogen (secondary N) is 1. The Hall–Kier alpha value is -1.29. The first kappa shape index (κ1) is 15.8. The van der Waals surface area contributed by atoms with Crippen molar-refractivity contribution in [3.8, 4) is 0 Å². The minimum atomic E-state index is -4.98. The van der Waals surface area contributed by atoms with E-state index in [9.17, 15) is 34.8 Å². The Balaban J connectivity index is 3.16. The molecule has 0 saturated carbocycles. The first-order chi connectivity index (χ1) is 8.43. The van der Waals surface area contributed by atoms with Gasteiger partial charge in [-0.2, -0.15) is 26.3 Å². The zero-order chi connectivity index (χ0) is 14.9. The van der Waals surface area contributed by atoms with Gasteiger partial charge < -0.3 is 0 Å². The Labute approximate surface area is 104 Å². The molecule has 0 spiro atoms. The third-order valence-electron chi connectivity index (χ3n) is 1.94. The molecule has 3 nitrogen and oxygen atoms in total. The second-order valence-electron chi connectivity index (χ2n) is 3.43. The highest BCUT2D eigenvalue weighted by atomic mass is 32.2. The molecule has 0 aromatic heterocycles. The summed E-state index contributed by atoms with van der Waals surface area (Å²) < 4.78 is 97.2. The molecule has 0 fully saturated rings. The van der Waals surface area contributed by atoms with Crippen LogP contribution < -0.4 is 4.72 Å². The van der Waals surface area contributed by atoms with Crippen molar-refractivity contribution in [2.75, 3.05) is 6.54 Å². The lowest BCUT2D eigenvalue weighted by atomic mass is 10.2. The Morgan fingerprint density at radius 3 is 2.00 bits per heavy atom. The number of alkyl halides is 6. The van der Waals surface area contributed by atoms with Gasteiger partial charge in [-0.15, -0.1) is 0 Å². The van der Waals surface area contributed by atoms with Crippen molar-refractivity contribution in [1.29, 1.82) is 0 Å². The maximum absolute atomic E-state index is 12.5. The van der Waals surface area contributed by atoms with E-state index in [1.54, 1.807) is 0 Å². The molecule has 0 unspecified atom stereocenters. The number of rotatable bonds is 3. The van der Waals surface area contributed by atoms with Crippen LogP contribution in [0.2, 0.25) is 0 Å². The monoisotopic (exact) mass is 307 g/mol. The molecule has 1 aromatic carbocycles. The lowest BCUT2D eigenvalue weighted by Crippen LogP contribution is -2.34. The van der Waals surface area contributed by atoms with Crippen molar-refractivity contribution in [2.24, 2.45) is 0 Å². The van der Waals surface area contributed by atoms with E-state index in [-0.39, 0.29) is 0 Å². The minimum absolute atomic E-state index is 0.474. The molecule has 0 atom stereocenters. The Bertz CT molecular complexity index is 549. The van der Waals surface area contributed by atoms with E-state index in [1.165, 1.54) is 0 Å². The summed E-state index contributed by atoms with van der Waals surface area (Å²) in [4.78, 5) is -1.24. The van der Waals surface area contributed by atoms with Gasteiger partial charge in [0.15, 0.2) is 0 Å². The van der Waals surface area contributed by atoms with Crippen molar-refractivity contribution < 1.29 is 34.8 Å². The molecule has 0 amide bonds. The molecule has 0 saturated heterocycles. The van der Waals surface area contributed by atoms with E-state index in [4.69, 9.17) is 0 Å². The average molecular weight is 307 g/mol. The third-order valence-corrected chi connectivity index (χ3v) is 3.40. The summed E-state index contributed by atoms with van der Waals surface area (Å²) in [7, 11) is -4.90. The molecule has 10 heteroatoms. The van der Waals surface area contributed by atoms with Crippen LogP contribution in [0.25, 0.3) is 0 Å². The van der Waals surface area contributed by atoms with Crippen LogP contribution in [0.15, 0.2) is 29.2 Å². The Morgan fingerprint density at radius 1 is 1.00 bits per heavy atom. The molecule has 0 radical (unpaired) electrons. The van der Waals surface area contributed by atoms with Gasteiger partial charge in [0.25, 0.3) is 0 Å². The summed E-state index contributed by atoms with van der Waals surface area (Å²) in [6, 6.07) is 2.98. The highest BCUT2D eigenvalue weighted by Gasteiger charge is 2.38. The summed E-state index contributed by atoms with van der Waals surface area (Å²) in [5.74, 6) is 0. The zero-order valence-electron chi connectivity index (χ0n) is 9.01. The fraction of sp³-hybridized carbons (Fsp3) is 0.333. The van der Waals surface area contributed by atoms with Gasteiger partial charge in [0.2, 0.25) is 10.0 Å². The fourth-order valence-electron chi connectivity index (χ4n) is 1.19. The largest absolute Gasteiger partial charge is 0.417 e. The van der Waals surface area contributed by atoms with Gasteiger partial charge >= 0.3 is 12.4 Å². The van der Waals surface area contributed by atoms with E-state index in [1.807, 2.05) is 0 Å². The molecular formula is C9H7F6NO2S. The molecule has 1 N–H and O–H groups in total. The van der Waals surface area contributed by atoms with Crippen LogP contribution in [-0.4, -0.2) is 21.1 Å². The smallest absolute Gasteiger partial charge is 0.207 e. The highest BCUT2D eigenvalue weighted by Crippen LogP contribution is 2.33. The maximum atomic E-state index is 12.5. The molecule has 108 valence electrons. The number of hydrogen-bond acceptors (Lipinski definition) is 2. The SMILES string of the molecule is O=S(=O)(NCC(F)(F)F)c1ccccc1C(F)(F)F. The lowest BCUT2D eigenvalue weighted by molar-refractivity contribution is -0.139. The lowest BCUT2D eigenvalue weighted by Gasteiger charge is -2.14. The van der Waals surface area contributed by atoms with E-state index in [2.05, 4.69) is 0 Å².